The lowest BCUT2D eigenvalue weighted by Crippen LogP contribution is -1.97. The van der Waals surface area contributed by atoms with Crippen molar-refractivity contribution in [3.8, 4) is 5.75 Å². The first-order chi connectivity index (χ1) is 6.74. The van der Waals surface area contributed by atoms with Gasteiger partial charge in [0.1, 0.15) is 18.2 Å². The van der Waals surface area contributed by atoms with Crippen LogP contribution in [0.1, 0.15) is 0 Å². The minimum atomic E-state index is -0.480. The normalized spacial score (nSPS) is 10.8. The van der Waals surface area contributed by atoms with E-state index < -0.39 is 5.82 Å². The van der Waals surface area contributed by atoms with Crippen LogP contribution in [0.3, 0.4) is 0 Å². The van der Waals surface area contributed by atoms with E-state index in [1.165, 1.54) is 12.1 Å². The molecular weight excluding hydrogens is 205 g/mol. The Morgan fingerprint density at radius 1 is 1.43 bits per heavy atom. The van der Waals surface area contributed by atoms with Crippen LogP contribution in [0.5, 0.6) is 5.75 Å². The number of hydrogen-bond acceptors (Lipinski definition) is 2. The Balaban J connectivity index is 2.51. The molecule has 1 aromatic carbocycles. The van der Waals surface area contributed by atoms with E-state index in [4.69, 9.17) is 22.1 Å². The molecular formula is C10H11ClFNO. The van der Waals surface area contributed by atoms with Gasteiger partial charge < -0.3 is 10.5 Å². The molecule has 0 aliphatic rings. The number of ether oxygens (including phenoxy) is 1. The van der Waals surface area contributed by atoms with Gasteiger partial charge in [-0.2, -0.15) is 0 Å². The molecule has 0 saturated heterocycles. The van der Waals surface area contributed by atoms with Crippen molar-refractivity contribution in [1.29, 1.82) is 0 Å². The third-order valence-electron chi connectivity index (χ3n) is 1.54. The lowest BCUT2D eigenvalue weighted by Gasteiger charge is -2.03. The summed E-state index contributed by atoms with van der Waals surface area (Å²) in [6.45, 7) is 0.844. The zero-order valence-corrected chi connectivity index (χ0v) is 8.30. The first kappa shape index (κ1) is 11.0. The number of halogens is 2. The average Bonchev–Trinajstić information content (AvgIpc) is 2.18. The molecule has 1 aromatic rings. The highest BCUT2D eigenvalue weighted by molar-refractivity contribution is 6.30. The molecule has 0 atom stereocenters. The molecule has 0 spiro atoms. The molecule has 0 amide bonds. The molecule has 4 heteroatoms. The molecule has 0 heterocycles. The maximum absolute atomic E-state index is 12.9. The lowest BCUT2D eigenvalue weighted by molar-refractivity contribution is 0.360. The van der Waals surface area contributed by atoms with Crippen molar-refractivity contribution < 1.29 is 9.13 Å². The van der Waals surface area contributed by atoms with Gasteiger partial charge in [0.2, 0.25) is 0 Å². The second-order valence-corrected chi connectivity index (χ2v) is 3.00. The molecule has 0 radical (unpaired) electrons. The van der Waals surface area contributed by atoms with E-state index in [2.05, 4.69) is 0 Å². The predicted octanol–water partition coefficient (Wildman–Crippen LogP) is 2.37. The first-order valence-electron chi connectivity index (χ1n) is 4.17. The van der Waals surface area contributed by atoms with Crippen LogP contribution in [0.15, 0.2) is 30.4 Å². The van der Waals surface area contributed by atoms with Gasteiger partial charge >= 0.3 is 0 Å². The highest BCUT2D eigenvalue weighted by atomic mass is 35.5. The van der Waals surface area contributed by atoms with Crippen molar-refractivity contribution in [2.75, 3.05) is 13.2 Å². The highest BCUT2D eigenvalue weighted by Crippen LogP contribution is 2.20. The van der Waals surface area contributed by atoms with E-state index in [-0.39, 0.29) is 5.02 Å². The zero-order valence-electron chi connectivity index (χ0n) is 7.54. The van der Waals surface area contributed by atoms with Gasteiger partial charge in [-0.15, -0.1) is 0 Å². The summed E-state index contributed by atoms with van der Waals surface area (Å²) in [4.78, 5) is 0. The number of hydrogen-bond donors (Lipinski definition) is 1. The van der Waals surface area contributed by atoms with Gasteiger partial charge in [0, 0.05) is 12.6 Å². The number of rotatable bonds is 4. The fraction of sp³-hybridized carbons (Fsp3) is 0.200. The van der Waals surface area contributed by atoms with Crippen LogP contribution in [0.2, 0.25) is 5.02 Å². The Labute approximate surface area is 87.1 Å². The third kappa shape index (κ3) is 3.36. The summed E-state index contributed by atoms with van der Waals surface area (Å²) in [6, 6.07) is 4.32. The molecule has 2 N–H and O–H groups in total. The van der Waals surface area contributed by atoms with Crippen LogP contribution in [0, 0.1) is 5.82 Å². The molecule has 0 aliphatic heterocycles. The molecule has 0 bridgehead atoms. The van der Waals surface area contributed by atoms with Gasteiger partial charge in [-0.1, -0.05) is 23.8 Å². The highest BCUT2D eigenvalue weighted by Gasteiger charge is 2.00. The van der Waals surface area contributed by atoms with E-state index in [0.29, 0.717) is 18.9 Å². The largest absolute Gasteiger partial charge is 0.489 e. The van der Waals surface area contributed by atoms with Gasteiger partial charge in [-0.05, 0) is 12.1 Å². The maximum Gasteiger partial charge on any atom is 0.145 e. The molecule has 14 heavy (non-hydrogen) atoms. The summed E-state index contributed by atoms with van der Waals surface area (Å²) in [5, 5.41) is 0.0925. The third-order valence-corrected chi connectivity index (χ3v) is 1.85. The second-order valence-electron chi connectivity index (χ2n) is 2.59. The summed E-state index contributed by atoms with van der Waals surface area (Å²) >= 11 is 5.50. The van der Waals surface area contributed by atoms with Crippen molar-refractivity contribution in [2.45, 2.75) is 0 Å². The lowest BCUT2D eigenvalue weighted by atomic mass is 10.3. The van der Waals surface area contributed by atoms with Gasteiger partial charge in [-0.3, -0.25) is 0 Å². The van der Waals surface area contributed by atoms with Gasteiger partial charge in [-0.25, -0.2) is 4.39 Å². The van der Waals surface area contributed by atoms with Crippen LogP contribution in [0.25, 0.3) is 0 Å². The van der Waals surface area contributed by atoms with Gasteiger partial charge in [0.05, 0.1) is 5.02 Å². The topological polar surface area (TPSA) is 35.2 Å². The van der Waals surface area contributed by atoms with Crippen molar-refractivity contribution in [3.63, 3.8) is 0 Å². The summed E-state index contributed by atoms with van der Waals surface area (Å²) in [6.07, 6.45) is 3.54. The van der Waals surface area contributed by atoms with Crippen LogP contribution in [-0.4, -0.2) is 13.2 Å². The monoisotopic (exact) mass is 215 g/mol. The van der Waals surface area contributed by atoms with Gasteiger partial charge in [0.25, 0.3) is 0 Å². The Kier molecular flexibility index (Phi) is 4.43. The molecule has 0 aromatic heterocycles. The Bertz CT molecular complexity index is 328. The van der Waals surface area contributed by atoms with Crippen LogP contribution in [0.4, 0.5) is 4.39 Å². The predicted molar refractivity (Wildman–Crippen MR) is 55.1 cm³/mol. The second kappa shape index (κ2) is 5.62. The standard InChI is InChI=1S/C10H11ClFNO/c11-9-4-3-8(7-10(9)12)14-6-2-1-5-13/h1-4,7H,5-6,13H2/b2-1+. The fourth-order valence-corrected chi connectivity index (χ4v) is 0.993. The van der Waals surface area contributed by atoms with E-state index >= 15 is 0 Å². The SMILES string of the molecule is NC/C=C/COc1ccc(Cl)c(F)c1. The number of nitrogens with two attached hydrogens (primary N) is 1. The molecule has 0 unspecified atom stereocenters. The van der Waals surface area contributed by atoms with E-state index in [0.717, 1.165) is 0 Å². The molecule has 1 rings (SSSR count). The fourth-order valence-electron chi connectivity index (χ4n) is 0.875. The summed E-state index contributed by atoms with van der Waals surface area (Å²) in [7, 11) is 0. The summed E-state index contributed by atoms with van der Waals surface area (Å²) < 4.78 is 18.1. The smallest absolute Gasteiger partial charge is 0.145 e. The quantitative estimate of drug-likeness (QED) is 0.783. The molecule has 2 nitrogen and oxygen atoms in total. The zero-order chi connectivity index (χ0) is 10.4. The van der Waals surface area contributed by atoms with Crippen LogP contribution in [-0.2, 0) is 0 Å². The van der Waals surface area contributed by atoms with Crippen molar-refractivity contribution in [3.05, 3.63) is 41.2 Å². The minimum absolute atomic E-state index is 0.0925. The Morgan fingerprint density at radius 2 is 2.21 bits per heavy atom. The molecule has 76 valence electrons. The van der Waals surface area contributed by atoms with E-state index in [9.17, 15) is 4.39 Å². The van der Waals surface area contributed by atoms with Crippen molar-refractivity contribution >= 4 is 11.6 Å². The van der Waals surface area contributed by atoms with Gasteiger partial charge in [0.15, 0.2) is 0 Å². The van der Waals surface area contributed by atoms with Crippen LogP contribution >= 0.6 is 11.6 Å². The molecule has 0 aliphatic carbocycles. The molecule has 0 saturated carbocycles. The number of benzene rings is 1. The van der Waals surface area contributed by atoms with E-state index in [1.54, 1.807) is 18.2 Å². The van der Waals surface area contributed by atoms with E-state index in [1.807, 2.05) is 0 Å². The van der Waals surface area contributed by atoms with Crippen LogP contribution < -0.4 is 10.5 Å². The Morgan fingerprint density at radius 3 is 2.86 bits per heavy atom. The maximum atomic E-state index is 12.9. The molecule has 0 fully saturated rings. The van der Waals surface area contributed by atoms with Crippen molar-refractivity contribution in [1.82, 2.24) is 0 Å². The summed E-state index contributed by atoms with van der Waals surface area (Å²) in [5.41, 5.74) is 5.23. The average molecular weight is 216 g/mol. The summed E-state index contributed by atoms with van der Waals surface area (Å²) in [5.74, 6) is -0.0273. The minimum Gasteiger partial charge on any atom is -0.489 e. The van der Waals surface area contributed by atoms with Crippen molar-refractivity contribution in [2.24, 2.45) is 5.73 Å². The Hall–Kier alpha value is -1.06. The first-order valence-corrected chi connectivity index (χ1v) is 4.54.